The second kappa shape index (κ2) is 7.43. The Morgan fingerprint density at radius 1 is 0.556 bits per heavy atom. The van der Waals surface area contributed by atoms with Crippen molar-refractivity contribution in [2.75, 3.05) is 12.5 Å². The van der Waals surface area contributed by atoms with Crippen molar-refractivity contribution in [3.63, 3.8) is 0 Å². The van der Waals surface area contributed by atoms with Crippen LogP contribution in [-0.2, 0) is 0 Å². The van der Waals surface area contributed by atoms with Gasteiger partial charge in [0.05, 0.1) is 0 Å². The van der Waals surface area contributed by atoms with Gasteiger partial charge in [-0.15, -0.1) is 0 Å². The Balaban J connectivity index is 2.15. The minimum atomic E-state index is 1.28. The highest BCUT2D eigenvalue weighted by Gasteiger charge is 1.99. The van der Waals surface area contributed by atoms with Gasteiger partial charge in [0.25, 0.3) is 0 Å². The molecule has 94 valence electrons. The first-order valence-electron chi connectivity index (χ1n) is 5.45. The molecular weight excluding hydrogens is 296 g/mol. The molecular formula is C14H14S4. The molecule has 0 fully saturated rings. The average molecular weight is 311 g/mol. The molecule has 0 bridgehead atoms. The number of hydrogen-bond acceptors (Lipinski definition) is 4. The average Bonchev–Trinajstić information content (AvgIpc) is 2.41. The van der Waals surface area contributed by atoms with Crippen LogP contribution < -0.4 is 0 Å². The van der Waals surface area contributed by atoms with Crippen molar-refractivity contribution in [2.45, 2.75) is 9.79 Å². The van der Waals surface area contributed by atoms with E-state index in [0.717, 1.165) is 0 Å². The molecule has 0 saturated heterocycles. The first-order chi connectivity index (χ1) is 8.83. The van der Waals surface area contributed by atoms with E-state index >= 15 is 0 Å². The molecule has 0 amide bonds. The smallest absolute Gasteiger partial charge is 0.0183 e. The van der Waals surface area contributed by atoms with E-state index in [4.69, 9.17) is 0 Å². The first-order valence-corrected chi connectivity index (χ1v) is 10.6. The van der Waals surface area contributed by atoms with Gasteiger partial charge in [0.15, 0.2) is 0 Å². The van der Waals surface area contributed by atoms with Crippen molar-refractivity contribution < 1.29 is 0 Å². The topological polar surface area (TPSA) is 0 Å². The maximum Gasteiger partial charge on any atom is 0.0183 e. The molecule has 2 aromatic carbocycles. The van der Waals surface area contributed by atoms with Crippen molar-refractivity contribution in [1.29, 1.82) is 0 Å². The van der Waals surface area contributed by atoms with E-state index in [0.29, 0.717) is 0 Å². The van der Waals surface area contributed by atoms with E-state index in [1.165, 1.54) is 20.9 Å². The molecule has 0 heterocycles. The molecule has 0 atom stereocenters. The summed E-state index contributed by atoms with van der Waals surface area (Å²) in [5, 5.41) is 0. The fraction of sp³-hybridized carbons (Fsp3) is 0.143. The summed E-state index contributed by atoms with van der Waals surface area (Å²) in [5.74, 6) is 0. The van der Waals surface area contributed by atoms with Crippen LogP contribution in [0.25, 0.3) is 11.1 Å². The van der Waals surface area contributed by atoms with Gasteiger partial charge in [-0.25, -0.2) is 0 Å². The minimum Gasteiger partial charge on any atom is -0.0924 e. The van der Waals surface area contributed by atoms with Gasteiger partial charge in [0.1, 0.15) is 0 Å². The van der Waals surface area contributed by atoms with Crippen molar-refractivity contribution >= 4 is 43.2 Å². The zero-order valence-corrected chi connectivity index (χ0v) is 13.5. The van der Waals surface area contributed by atoms with E-state index in [9.17, 15) is 0 Å². The molecule has 0 nitrogen and oxygen atoms in total. The third-order valence-electron chi connectivity index (χ3n) is 2.40. The highest BCUT2D eigenvalue weighted by Crippen LogP contribution is 2.32. The molecule has 0 aliphatic carbocycles. The van der Waals surface area contributed by atoms with Crippen LogP contribution in [0.15, 0.2) is 58.3 Å². The summed E-state index contributed by atoms with van der Waals surface area (Å²) in [7, 11) is 7.15. The van der Waals surface area contributed by atoms with Gasteiger partial charge in [-0.05, 0) is 47.9 Å². The maximum absolute atomic E-state index is 2.19. The lowest BCUT2D eigenvalue weighted by Crippen LogP contribution is -1.78. The quantitative estimate of drug-likeness (QED) is 0.612. The van der Waals surface area contributed by atoms with Crippen LogP contribution in [0.4, 0.5) is 0 Å². The molecule has 0 spiro atoms. The lowest BCUT2D eigenvalue weighted by molar-refractivity contribution is 1.44. The van der Waals surface area contributed by atoms with E-state index in [2.05, 4.69) is 61.0 Å². The highest BCUT2D eigenvalue weighted by atomic mass is 33.1. The molecule has 0 aliphatic heterocycles. The van der Waals surface area contributed by atoms with Gasteiger partial charge < -0.3 is 0 Å². The summed E-state index contributed by atoms with van der Waals surface area (Å²) in [5.41, 5.74) is 2.56. The SMILES string of the molecule is CSSc1ccc(-c2ccc(SSC)cc2)cc1. The number of rotatable bonds is 5. The number of benzene rings is 2. The van der Waals surface area contributed by atoms with Crippen LogP contribution in [-0.4, -0.2) is 12.5 Å². The van der Waals surface area contributed by atoms with Crippen molar-refractivity contribution in [1.82, 2.24) is 0 Å². The highest BCUT2D eigenvalue weighted by molar-refractivity contribution is 8.76. The molecule has 18 heavy (non-hydrogen) atoms. The molecule has 0 aromatic heterocycles. The minimum absolute atomic E-state index is 1.28. The molecule has 2 aromatic rings. The molecule has 0 saturated carbocycles. The zero-order valence-electron chi connectivity index (χ0n) is 10.3. The van der Waals surface area contributed by atoms with Gasteiger partial charge in [-0.2, -0.15) is 0 Å². The Morgan fingerprint density at radius 3 is 1.17 bits per heavy atom. The second-order valence-electron chi connectivity index (χ2n) is 3.55. The van der Waals surface area contributed by atoms with Crippen molar-refractivity contribution in [3.05, 3.63) is 48.5 Å². The number of hydrogen-bond donors (Lipinski definition) is 0. The molecule has 0 radical (unpaired) electrons. The molecule has 4 heteroatoms. The summed E-state index contributed by atoms with van der Waals surface area (Å²) in [6.07, 6.45) is 4.20. The second-order valence-corrected chi connectivity index (χ2v) is 8.49. The van der Waals surface area contributed by atoms with Crippen LogP contribution in [0.3, 0.4) is 0 Å². The van der Waals surface area contributed by atoms with Gasteiger partial charge >= 0.3 is 0 Å². The Labute approximate surface area is 125 Å². The van der Waals surface area contributed by atoms with Crippen LogP contribution in [0.2, 0.25) is 0 Å². The van der Waals surface area contributed by atoms with Crippen LogP contribution in [0.1, 0.15) is 0 Å². The third-order valence-corrected chi connectivity index (χ3v) is 5.82. The van der Waals surface area contributed by atoms with Gasteiger partial charge in [0, 0.05) is 9.79 Å². The van der Waals surface area contributed by atoms with E-state index < -0.39 is 0 Å². The largest absolute Gasteiger partial charge is 0.0924 e. The van der Waals surface area contributed by atoms with Gasteiger partial charge in [-0.1, -0.05) is 67.4 Å². The van der Waals surface area contributed by atoms with E-state index in [1.54, 1.807) is 43.2 Å². The summed E-state index contributed by atoms with van der Waals surface area (Å²) >= 11 is 0. The van der Waals surface area contributed by atoms with Gasteiger partial charge in [0.2, 0.25) is 0 Å². The van der Waals surface area contributed by atoms with E-state index in [1.807, 2.05) is 0 Å². The fourth-order valence-electron chi connectivity index (χ4n) is 1.60. The van der Waals surface area contributed by atoms with Crippen LogP contribution in [0, 0.1) is 0 Å². The monoisotopic (exact) mass is 310 g/mol. The Bertz CT molecular complexity index is 429. The summed E-state index contributed by atoms with van der Waals surface area (Å²) in [6, 6.07) is 17.5. The van der Waals surface area contributed by atoms with Crippen LogP contribution >= 0.6 is 43.2 Å². The maximum atomic E-state index is 2.19. The summed E-state index contributed by atoms with van der Waals surface area (Å²) < 4.78 is 0. The summed E-state index contributed by atoms with van der Waals surface area (Å²) in [6.45, 7) is 0. The Hall–Kier alpha value is -0.160. The van der Waals surface area contributed by atoms with Crippen molar-refractivity contribution in [2.24, 2.45) is 0 Å². The molecule has 0 N–H and O–H groups in total. The van der Waals surface area contributed by atoms with Crippen molar-refractivity contribution in [3.8, 4) is 11.1 Å². The predicted octanol–water partition coefficient (Wildman–Crippen LogP) is 6.09. The Kier molecular flexibility index (Phi) is 5.89. The van der Waals surface area contributed by atoms with Gasteiger partial charge in [-0.3, -0.25) is 0 Å². The lowest BCUT2D eigenvalue weighted by atomic mass is 10.1. The zero-order chi connectivity index (χ0) is 12.8. The van der Waals surface area contributed by atoms with Crippen LogP contribution in [0.5, 0.6) is 0 Å². The Morgan fingerprint density at radius 2 is 0.889 bits per heavy atom. The molecule has 2 rings (SSSR count). The molecule has 0 aliphatic rings. The first kappa shape index (κ1) is 14.3. The predicted molar refractivity (Wildman–Crippen MR) is 90.6 cm³/mol. The van der Waals surface area contributed by atoms with E-state index in [-0.39, 0.29) is 0 Å². The fourth-order valence-corrected chi connectivity index (χ4v) is 4.30. The third kappa shape index (κ3) is 3.92. The molecule has 0 unspecified atom stereocenters. The normalized spacial score (nSPS) is 10.6. The lowest BCUT2D eigenvalue weighted by Gasteiger charge is -2.04. The summed E-state index contributed by atoms with van der Waals surface area (Å²) in [4.78, 5) is 2.61. The standard InChI is InChI=1S/C14H14S4/c1-15-17-13-7-3-11(4-8-13)12-5-9-14(10-6-12)18-16-2/h3-10H,1-2H3.